The standard InChI is InChI=1S/C24H26N8O3/c1-3-26-23(34)18-9-17(33)24(35-18)32-13-29-19-21(28-12-16-6-4-5-7-27-16)30-20(31-22(19)32)15-8-14(2)10-25-11-15/h4-8,10-11,13,17-18,24,33H,3,9,12H2,1-2H3,(H,26,34)(H,28,30,31)/t17-,18+,24-/m1/s1. The van der Waals surface area contributed by atoms with Crippen LogP contribution in [0.5, 0.6) is 0 Å². The zero-order valence-electron chi connectivity index (χ0n) is 19.4. The molecule has 3 N–H and O–H groups in total. The van der Waals surface area contributed by atoms with E-state index in [1.165, 1.54) is 0 Å². The minimum Gasteiger partial charge on any atom is -0.388 e. The van der Waals surface area contributed by atoms with Gasteiger partial charge < -0.3 is 20.5 Å². The fourth-order valence-electron chi connectivity index (χ4n) is 4.07. The number of pyridine rings is 2. The molecule has 1 saturated heterocycles. The minimum absolute atomic E-state index is 0.181. The van der Waals surface area contributed by atoms with Crippen molar-refractivity contribution < 1.29 is 14.6 Å². The number of nitrogens with one attached hydrogen (secondary N) is 2. The summed E-state index contributed by atoms with van der Waals surface area (Å²) < 4.78 is 7.58. The van der Waals surface area contributed by atoms with Gasteiger partial charge >= 0.3 is 0 Å². The van der Waals surface area contributed by atoms with E-state index in [4.69, 9.17) is 14.7 Å². The number of fused-ring (bicyclic) bond motifs is 1. The highest BCUT2D eigenvalue weighted by atomic mass is 16.5. The summed E-state index contributed by atoms with van der Waals surface area (Å²) >= 11 is 0. The van der Waals surface area contributed by atoms with Crippen molar-refractivity contribution >= 4 is 22.9 Å². The molecule has 1 aliphatic rings. The van der Waals surface area contributed by atoms with E-state index in [2.05, 4.69) is 25.6 Å². The molecule has 5 heterocycles. The summed E-state index contributed by atoms with van der Waals surface area (Å²) in [5, 5.41) is 16.8. The van der Waals surface area contributed by atoms with Crippen molar-refractivity contribution in [3.63, 3.8) is 0 Å². The van der Waals surface area contributed by atoms with Crippen molar-refractivity contribution in [1.82, 2.24) is 34.8 Å². The number of ether oxygens (including phenoxy) is 1. The van der Waals surface area contributed by atoms with Crippen LogP contribution in [0.25, 0.3) is 22.6 Å². The van der Waals surface area contributed by atoms with Crippen molar-refractivity contribution in [3.05, 3.63) is 60.4 Å². The lowest BCUT2D eigenvalue weighted by Crippen LogP contribution is -2.34. The van der Waals surface area contributed by atoms with Crippen LogP contribution < -0.4 is 10.6 Å². The monoisotopic (exact) mass is 474 g/mol. The summed E-state index contributed by atoms with van der Waals surface area (Å²) in [7, 11) is 0. The van der Waals surface area contributed by atoms with Crippen molar-refractivity contribution in [2.45, 2.75) is 45.2 Å². The summed E-state index contributed by atoms with van der Waals surface area (Å²) in [6, 6.07) is 7.64. The highest BCUT2D eigenvalue weighted by Gasteiger charge is 2.39. The van der Waals surface area contributed by atoms with Crippen LogP contribution in [-0.4, -0.2) is 59.3 Å². The molecule has 0 aliphatic carbocycles. The van der Waals surface area contributed by atoms with Crippen LogP contribution in [0.15, 0.2) is 49.2 Å². The number of amides is 1. The largest absolute Gasteiger partial charge is 0.388 e. The lowest BCUT2D eigenvalue weighted by Gasteiger charge is -2.17. The van der Waals surface area contributed by atoms with E-state index in [1.807, 2.05) is 38.1 Å². The Morgan fingerprint density at radius 3 is 2.91 bits per heavy atom. The first kappa shape index (κ1) is 22.8. The zero-order chi connectivity index (χ0) is 24.4. The molecule has 4 aromatic heterocycles. The molecule has 1 fully saturated rings. The second-order valence-electron chi connectivity index (χ2n) is 8.36. The van der Waals surface area contributed by atoms with Crippen LogP contribution in [0, 0.1) is 6.92 Å². The van der Waals surface area contributed by atoms with E-state index < -0.39 is 18.4 Å². The molecule has 35 heavy (non-hydrogen) atoms. The van der Waals surface area contributed by atoms with Gasteiger partial charge in [-0.25, -0.2) is 15.0 Å². The van der Waals surface area contributed by atoms with Crippen LogP contribution in [0.3, 0.4) is 0 Å². The van der Waals surface area contributed by atoms with E-state index >= 15 is 0 Å². The highest BCUT2D eigenvalue weighted by molar-refractivity contribution is 5.85. The zero-order valence-corrected chi connectivity index (χ0v) is 19.4. The van der Waals surface area contributed by atoms with Gasteiger partial charge in [-0.15, -0.1) is 0 Å². The number of anilines is 1. The van der Waals surface area contributed by atoms with E-state index in [0.29, 0.717) is 35.9 Å². The summed E-state index contributed by atoms with van der Waals surface area (Å²) in [6.07, 6.45) is 4.46. The summed E-state index contributed by atoms with van der Waals surface area (Å²) in [4.78, 5) is 34.9. The molecule has 0 aromatic carbocycles. The molecule has 11 nitrogen and oxygen atoms in total. The molecule has 0 radical (unpaired) electrons. The SMILES string of the molecule is CCNC(=O)[C@@H]1C[C@@H](O)[C@H](n2cnc3c(NCc4ccccn4)nc(-c4cncc(C)c4)nc32)O1. The van der Waals surface area contributed by atoms with Gasteiger partial charge in [-0.05, 0) is 37.6 Å². The first-order valence-electron chi connectivity index (χ1n) is 11.4. The Bertz CT molecular complexity index is 1340. The Balaban J connectivity index is 1.55. The number of imidazole rings is 1. The number of nitrogens with zero attached hydrogens (tertiary/aromatic N) is 6. The summed E-state index contributed by atoms with van der Waals surface area (Å²) in [5.41, 5.74) is 3.55. The number of hydrogen-bond acceptors (Lipinski definition) is 9. The number of likely N-dealkylation sites (N-methyl/N-ethyl adjacent to an activating group) is 1. The highest BCUT2D eigenvalue weighted by Crippen LogP contribution is 2.33. The van der Waals surface area contributed by atoms with Crippen LogP contribution in [0.1, 0.15) is 30.8 Å². The Hall–Kier alpha value is -3.96. The van der Waals surface area contributed by atoms with Gasteiger partial charge in [0.15, 0.2) is 29.0 Å². The molecule has 5 rings (SSSR count). The quantitative estimate of drug-likeness (QED) is 0.367. The van der Waals surface area contributed by atoms with Crippen molar-refractivity contribution in [1.29, 1.82) is 0 Å². The average Bonchev–Trinajstić information content (AvgIpc) is 3.46. The fraction of sp³-hybridized carbons (Fsp3) is 0.333. The first-order valence-corrected chi connectivity index (χ1v) is 11.4. The number of rotatable bonds is 7. The maximum absolute atomic E-state index is 12.3. The molecular formula is C24H26N8O3. The molecule has 0 bridgehead atoms. The lowest BCUT2D eigenvalue weighted by atomic mass is 10.2. The molecule has 3 atom stereocenters. The van der Waals surface area contributed by atoms with Crippen LogP contribution in [0.2, 0.25) is 0 Å². The van der Waals surface area contributed by atoms with Gasteiger partial charge in [-0.3, -0.25) is 19.3 Å². The first-order chi connectivity index (χ1) is 17.0. The molecule has 4 aromatic rings. The molecule has 180 valence electrons. The number of aromatic nitrogens is 6. The minimum atomic E-state index is -0.899. The molecule has 0 spiro atoms. The van der Waals surface area contributed by atoms with Gasteiger partial charge in [-0.2, -0.15) is 0 Å². The van der Waals surface area contributed by atoms with Gasteiger partial charge in [0.1, 0.15) is 12.2 Å². The average molecular weight is 475 g/mol. The van der Waals surface area contributed by atoms with Crippen molar-refractivity contribution in [2.24, 2.45) is 0 Å². The maximum Gasteiger partial charge on any atom is 0.249 e. The van der Waals surface area contributed by atoms with Gasteiger partial charge in [-0.1, -0.05) is 6.07 Å². The lowest BCUT2D eigenvalue weighted by molar-refractivity contribution is -0.134. The molecule has 1 amide bonds. The molecular weight excluding hydrogens is 448 g/mol. The number of hydrogen-bond donors (Lipinski definition) is 3. The third-order valence-corrected chi connectivity index (χ3v) is 5.72. The van der Waals surface area contributed by atoms with E-state index in [9.17, 15) is 9.90 Å². The number of carbonyl (C=O) groups is 1. The third kappa shape index (κ3) is 4.68. The van der Waals surface area contributed by atoms with Gasteiger partial charge in [0, 0.05) is 37.1 Å². The summed E-state index contributed by atoms with van der Waals surface area (Å²) in [5.74, 6) is 0.716. The smallest absolute Gasteiger partial charge is 0.249 e. The third-order valence-electron chi connectivity index (χ3n) is 5.72. The number of aliphatic hydroxyl groups is 1. The van der Waals surface area contributed by atoms with Crippen LogP contribution in [-0.2, 0) is 16.1 Å². The molecule has 0 saturated carbocycles. The van der Waals surface area contributed by atoms with Crippen molar-refractivity contribution in [3.8, 4) is 11.4 Å². The normalized spacial score (nSPS) is 19.7. The van der Waals surface area contributed by atoms with Crippen LogP contribution in [0.4, 0.5) is 5.82 Å². The molecule has 0 unspecified atom stereocenters. The maximum atomic E-state index is 12.3. The topological polar surface area (TPSA) is 140 Å². The number of aliphatic hydroxyl groups excluding tert-OH is 1. The molecule has 11 heteroatoms. The van der Waals surface area contributed by atoms with E-state index in [-0.39, 0.29) is 12.3 Å². The number of carbonyl (C=O) groups excluding carboxylic acids is 1. The number of aryl methyl sites for hydroxylation is 1. The predicted molar refractivity (Wildman–Crippen MR) is 128 cm³/mol. The van der Waals surface area contributed by atoms with Crippen LogP contribution >= 0.6 is 0 Å². The second kappa shape index (κ2) is 9.72. The Labute approximate surface area is 201 Å². The Morgan fingerprint density at radius 1 is 1.26 bits per heavy atom. The Morgan fingerprint density at radius 2 is 2.14 bits per heavy atom. The Kier molecular flexibility index (Phi) is 6.34. The van der Waals surface area contributed by atoms with E-state index in [1.54, 1.807) is 29.5 Å². The summed E-state index contributed by atoms with van der Waals surface area (Å²) in [6.45, 7) is 4.71. The van der Waals surface area contributed by atoms with Gasteiger partial charge in [0.2, 0.25) is 5.91 Å². The molecule has 1 aliphatic heterocycles. The van der Waals surface area contributed by atoms with Gasteiger partial charge in [0.25, 0.3) is 0 Å². The van der Waals surface area contributed by atoms with Gasteiger partial charge in [0.05, 0.1) is 18.6 Å². The fourth-order valence-corrected chi connectivity index (χ4v) is 4.07. The predicted octanol–water partition coefficient (Wildman–Crippen LogP) is 1.99. The van der Waals surface area contributed by atoms with E-state index in [0.717, 1.165) is 16.8 Å². The second-order valence-corrected chi connectivity index (χ2v) is 8.36. The van der Waals surface area contributed by atoms with Crippen molar-refractivity contribution in [2.75, 3.05) is 11.9 Å².